The number of nitrogens with one attached hydrogen (secondary N) is 2. The average Bonchev–Trinajstić information content (AvgIpc) is 3.10. The van der Waals surface area contributed by atoms with Crippen LogP contribution < -0.4 is 20.1 Å². The van der Waals surface area contributed by atoms with Crippen LogP contribution in [0.1, 0.15) is 26.1 Å². The molecule has 1 aromatic carbocycles. The summed E-state index contributed by atoms with van der Waals surface area (Å²) in [6.07, 6.45) is 3.83. The summed E-state index contributed by atoms with van der Waals surface area (Å²) >= 11 is 1.64. The molecule has 1 aromatic heterocycles. The van der Waals surface area contributed by atoms with Crippen LogP contribution in [-0.4, -0.2) is 54.8 Å². The third kappa shape index (κ3) is 6.56. The number of aromatic nitrogens is 3. The van der Waals surface area contributed by atoms with Crippen molar-refractivity contribution < 1.29 is 9.47 Å². The lowest BCUT2D eigenvalue weighted by Gasteiger charge is -2.14. The predicted molar refractivity (Wildman–Crippen MR) is 119 cm³/mol. The zero-order chi connectivity index (χ0) is 21.2. The van der Waals surface area contributed by atoms with Crippen molar-refractivity contribution in [3.63, 3.8) is 0 Å². The molecule has 0 atom stereocenters. The van der Waals surface area contributed by atoms with Crippen LogP contribution in [0, 0.1) is 5.92 Å². The first kappa shape index (κ1) is 22.9. The highest BCUT2D eigenvalue weighted by molar-refractivity contribution is 7.98. The Kier molecular flexibility index (Phi) is 9.11. The maximum atomic E-state index is 5.35. The fraction of sp³-hybridized carbons (Fsp3) is 0.550. The van der Waals surface area contributed by atoms with Crippen LogP contribution in [0.15, 0.2) is 28.3 Å². The highest BCUT2D eigenvalue weighted by atomic mass is 32.2. The van der Waals surface area contributed by atoms with Gasteiger partial charge in [0.2, 0.25) is 0 Å². The molecule has 0 aliphatic heterocycles. The van der Waals surface area contributed by atoms with Gasteiger partial charge in [-0.1, -0.05) is 25.6 Å². The number of guanidine groups is 1. The van der Waals surface area contributed by atoms with Crippen molar-refractivity contribution in [1.29, 1.82) is 0 Å². The van der Waals surface area contributed by atoms with Gasteiger partial charge in [-0.3, -0.25) is 4.99 Å². The Bertz CT molecular complexity index is 806. The minimum Gasteiger partial charge on any atom is -0.493 e. The van der Waals surface area contributed by atoms with Crippen molar-refractivity contribution in [2.24, 2.45) is 10.9 Å². The maximum Gasteiger partial charge on any atom is 0.195 e. The molecule has 0 aliphatic rings. The summed E-state index contributed by atoms with van der Waals surface area (Å²) in [5.74, 6) is 3.65. The Morgan fingerprint density at radius 1 is 1.21 bits per heavy atom. The summed E-state index contributed by atoms with van der Waals surface area (Å²) in [6.45, 7) is 6.13. The number of aliphatic imine (C=N–C) groups is 1. The summed E-state index contributed by atoms with van der Waals surface area (Å²) < 4.78 is 12.8. The van der Waals surface area contributed by atoms with Gasteiger partial charge in [-0.2, -0.15) is 0 Å². The summed E-state index contributed by atoms with van der Waals surface area (Å²) in [7, 11) is 4.99. The van der Waals surface area contributed by atoms with Crippen LogP contribution in [0.2, 0.25) is 0 Å². The molecule has 8 nitrogen and oxygen atoms in total. The van der Waals surface area contributed by atoms with E-state index >= 15 is 0 Å². The number of anilines is 1. The SMILES string of the molecule is CN=C(NCCCc1nnc(SC)n1CC(C)C)Nc1ccc(OC)c(OC)c1. The first-order chi connectivity index (χ1) is 14.0. The Labute approximate surface area is 177 Å². The summed E-state index contributed by atoms with van der Waals surface area (Å²) in [6, 6.07) is 5.66. The van der Waals surface area contributed by atoms with Crippen LogP contribution >= 0.6 is 11.8 Å². The van der Waals surface area contributed by atoms with Crippen LogP contribution in [0.5, 0.6) is 11.5 Å². The quantitative estimate of drug-likeness (QED) is 0.264. The molecule has 0 unspecified atom stereocenters. The minimum absolute atomic E-state index is 0.554. The van der Waals surface area contributed by atoms with Crippen LogP contribution in [0.3, 0.4) is 0 Å². The average molecular weight is 421 g/mol. The Hall–Kier alpha value is -2.42. The molecule has 0 saturated carbocycles. The van der Waals surface area contributed by atoms with Gasteiger partial charge in [-0.15, -0.1) is 10.2 Å². The highest BCUT2D eigenvalue weighted by Crippen LogP contribution is 2.29. The van der Waals surface area contributed by atoms with Gasteiger partial charge in [0.05, 0.1) is 14.2 Å². The fourth-order valence-electron chi connectivity index (χ4n) is 2.89. The molecule has 2 aromatic rings. The first-order valence-electron chi connectivity index (χ1n) is 9.68. The van der Waals surface area contributed by atoms with E-state index in [-0.39, 0.29) is 0 Å². The van der Waals surface area contributed by atoms with Gasteiger partial charge in [0.1, 0.15) is 5.82 Å². The highest BCUT2D eigenvalue weighted by Gasteiger charge is 2.12. The van der Waals surface area contributed by atoms with Crippen molar-refractivity contribution in [2.45, 2.75) is 38.4 Å². The Balaban J connectivity index is 1.89. The van der Waals surface area contributed by atoms with E-state index in [1.807, 2.05) is 24.5 Å². The molecule has 9 heteroatoms. The summed E-state index contributed by atoms with van der Waals surface area (Å²) in [4.78, 5) is 4.29. The second-order valence-corrected chi connectivity index (χ2v) is 7.68. The van der Waals surface area contributed by atoms with Gasteiger partial charge in [0.25, 0.3) is 0 Å². The third-order valence-corrected chi connectivity index (χ3v) is 4.93. The van der Waals surface area contributed by atoms with Crippen LogP contribution in [0.4, 0.5) is 5.69 Å². The van der Waals surface area contributed by atoms with Gasteiger partial charge in [0, 0.05) is 38.3 Å². The van der Waals surface area contributed by atoms with E-state index in [0.29, 0.717) is 23.4 Å². The molecule has 0 saturated heterocycles. The molecule has 0 fully saturated rings. The lowest BCUT2D eigenvalue weighted by Crippen LogP contribution is -2.31. The Morgan fingerprint density at radius 3 is 2.59 bits per heavy atom. The molecule has 0 spiro atoms. The van der Waals surface area contributed by atoms with E-state index in [1.54, 1.807) is 33.0 Å². The normalized spacial score (nSPS) is 11.6. The third-order valence-electron chi connectivity index (χ3n) is 4.26. The van der Waals surface area contributed by atoms with Gasteiger partial charge < -0.3 is 24.7 Å². The molecular weight excluding hydrogens is 388 g/mol. The first-order valence-corrected chi connectivity index (χ1v) is 10.9. The van der Waals surface area contributed by atoms with Gasteiger partial charge in [-0.25, -0.2) is 0 Å². The molecule has 0 radical (unpaired) electrons. The molecule has 2 rings (SSSR count). The standard InChI is InChI=1S/C20H32N6O2S/c1-14(2)13-26-18(24-25-20(26)29-6)8-7-11-22-19(21-3)23-15-9-10-16(27-4)17(12-15)28-5/h9-10,12,14H,7-8,11,13H2,1-6H3,(H2,21,22,23). The number of thioether (sulfide) groups is 1. The number of ether oxygens (including phenoxy) is 2. The van der Waals surface area contributed by atoms with Crippen molar-refractivity contribution in [2.75, 3.05) is 39.4 Å². The van der Waals surface area contributed by atoms with E-state index in [2.05, 4.69) is 44.2 Å². The molecule has 29 heavy (non-hydrogen) atoms. The van der Waals surface area contributed by atoms with E-state index in [4.69, 9.17) is 9.47 Å². The molecule has 1 heterocycles. The zero-order valence-electron chi connectivity index (χ0n) is 18.2. The van der Waals surface area contributed by atoms with Crippen LogP contribution in [0.25, 0.3) is 0 Å². The minimum atomic E-state index is 0.554. The second kappa shape index (κ2) is 11.5. The monoisotopic (exact) mass is 420 g/mol. The number of hydrogen-bond donors (Lipinski definition) is 2. The zero-order valence-corrected chi connectivity index (χ0v) is 19.0. The van der Waals surface area contributed by atoms with Crippen molar-refractivity contribution in [3.8, 4) is 11.5 Å². The largest absolute Gasteiger partial charge is 0.493 e. The van der Waals surface area contributed by atoms with E-state index in [0.717, 1.165) is 42.6 Å². The number of nitrogens with zero attached hydrogens (tertiary/aromatic N) is 4. The topological polar surface area (TPSA) is 85.6 Å². The van der Waals surface area contributed by atoms with E-state index in [9.17, 15) is 0 Å². The molecule has 0 aliphatic carbocycles. The number of benzene rings is 1. The van der Waals surface area contributed by atoms with Crippen molar-refractivity contribution >= 4 is 23.4 Å². The molecular formula is C20H32N6O2S. The Morgan fingerprint density at radius 2 is 1.97 bits per heavy atom. The summed E-state index contributed by atoms with van der Waals surface area (Å²) in [5.41, 5.74) is 0.872. The van der Waals surface area contributed by atoms with Crippen LogP contribution in [-0.2, 0) is 13.0 Å². The maximum absolute atomic E-state index is 5.35. The number of rotatable bonds is 10. The van der Waals surface area contributed by atoms with E-state index < -0.39 is 0 Å². The molecule has 0 bridgehead atoms. The molecule has 0 amide bonds. The molecule has 160 valence electrons. The van der Waals surface area contributed by atoms with Gasteiger partial charge >= 0.3 is 0 Å². The fourth-order valence-corrected chi connectivity index (χ4v) is 3.41. The number of methoxy groups -OCH3 is 2. The second-order valence-electron chi connectivity index (χ2n) is 6.90. The number of aryl methyl sites for hydroxylation is 1. The number of hydrogen-bond acceptors (Lipinski definition) is 6. The lowest BCUT2D eigenvalue weighted by atomic mass is 10.2. The molecule has 2 N–H and O–H groups in total. The summed E-state index contributed by atoms with van der Waals surface area (Å²) in [5, 5.41) is 16.3. The van der Waals surface area contributed by atoms with Gasteiger partial charge in [-0.05, 0) is 30.7 Å². The van der Waals surface area contributed by atoms with Gasteiger partial charge in [0.15, 0.2) is 22.6 Å². The van der Waals surface area contributed by atoms with Crippen molar-refractivity contribution in [1.82, 2.24) is 20.1 Å². The smallest absolute Gasteiger partial charge is 0.195 e. The van der Waals surface area contributed by atoms with E-state index in [1.165, 1.54) is 0 Å². The van der Waals surface area contributed by atoms with Crippen molar-refractivity contribution in [3.05, 3.63) is 24.0 Å². The lowest BCUT2D eigenvalue weighted by molar-refractivity contribution is 0.355. The predicted octanol–water partition coefficient (Wildman–Crippen LogP) is 3.29.